The summed E-state index contributed by atoms with van der Waals surface area (Å²) >= 11 is 0. The van der Waals surface area contributed by atoms with Crippen molar-refractivity contribution in [2.75, 3.05) is 4.90 Å². The first-order valence-electron chi connectivity index (χ1n) is 10.2. The van der Waals surface area contributed by atoms with Gasteiger partial charge in [-0.1, -0.05) is 48.5 Å². The first-order chi connectivity index (χ1) is 15.3. The molecule has 0 unspecified atom stereocenters. The van der Waals surface area contributed by atoms with Gasteiger partial charge in [-0.05, 0) is 48.5 Å². The summed E-state index contributed by atoms with van der Waals surface area (Å²) in [5, 5.41) is 1.12. The van der Waals surface area contributed by atoms with Crippen molar-refractivity contribution in [3.05, 3.63) is 97.1 Å². The van der Waals surface area contributed by atoms with Crippen LogP contribution in [0.15, 0.2) is 97.1 Å². The SMILES string of the molecule is c1ccc2c(c1)Oc1cc(-c3ccc4ccccc4n3)cc3c1N2c1ccccc1O3. The van der Waals surface area contributed by atoms with Gasteiger partial charge >= 0.3 is 0 Å². The second kappa shape index (κ2) is 6.09. The van der Waals surface area contributed by atoms with Gasteiger partial charge in [-0.2, -0.15) is 0 Å². The van der Waals surface area contributed by atoms with Crippen LogP contribution in [0.2, 0.25) is 0 Å². The molecule has 146 valence electrons. The number of para-hydroxylation sites is 5. The van der Waals surface area contributed by atoms with Gasteiger partial charge in [-0.3, -0.25) is 4.90 Å². The third-order valence-corrected chi connectivity index (χ3v) is 5.81. The molecule has 0 aliphatic carbocycles. The van der Waals surface area contributed by atoms with Crippen LogP contribution in [0.25, 0.3) is 22.2 Å². The number of benzene rings is 4. The molecule has 4 aromatic carbocycles. The number of nitrogens with zero attached hydrogens (tertiary/aromatic N) is 2. The third kappa shape index (κ3) is 2.39. The van der Waals surface area contributed by atoms with Gasteiger partial charge in [0.05, 0.1) is 22.6 Å². The maximum absolute atomic E-state index is 6.34. The van der Waals surface area contributed by atoms with Crippen molar-refractivity contribution in [1.82, 2.24) is 4.98 Å². The predicted octanol–water partition coefficient (Wildman–Crippen LogP) is 7.58. The summed E-state index contributed by atoms with van der Waals surface area (Å²) in [4.78, 5) is 7.09. The number of rotatable bonds is 1. The summed E-state index contributed by atoms with van der Waals surface area (Å²) in [5.74, 6) is 3.16. The van der Waals surface area contributed by atoms with Crippen LogP contribution >= 0.6 is 0 Å². The molecule has 0 N–H and O–H groups in total. The van der Waals surface area contributed by atoms with Gasteiger partial charge in [0.2, 0.25) is 0 Å². The summed E-state index contributed by atoms with van der Waals surface area (Å²) in [6.45, 7) is 0. The molecule has 4 nitrogen and oxygen atoms in total. The van der Waals surface area contributed by atoms with Crippen LogP contribution in [0.5, 0.6) is 23.0 Å². The average Bonchev–Trinajstić information content (AvgIpc) is 2.83. The van der Waals surface area contributed by atoms with E-state index in [0.29, 0.717) is 0 Å². The lowest BCUT2D eigenvalue weighted by atomic mass is 10.0. The van der Waals surface area contributed by atoms with Gasteiger partial charge in [-0.15, -0.1) is 0 Å². The zero-order valence-electron chi connectivity index (χ0n) is 16.4. The largest absolute Gasteiger partial charge is 0.453 e. The predicted molar refractivity (Wildman–Crippen MR) is 122 cm³/mol. The zero-order valence-corrected chi connectivity index (χ0v) is 16.4. The lowest BCUT2D eigenvalue weighted by Crippen LogP contribution is -2.20. The van der Waals surface area contributed by atoms with Gasteiger partial charge in [-0.25, -0.2) is 4.98 Å². The van der Waals surface area contributed by atoms with Crippen molar-refractivity contribution in [3.63, 3.8) is 0 Å². The summed E-state index contributed by atoms with van der Waals surface area (Å²) < 4.78 is 12.7. The van der Waals surface area contributed by atoms with Gasteiger partial charge in [0.25, 0.3) is 0 Å². The highest BCUT2D eigenvalue weighted by atomic mass is 16.5. The minimum absolute atomic E-state index is 0.760. The number of hydrogen-bond donors (Lipinski definition) is 0. The molecule has 3 heterocycles. The number of hydrogen-bond acceptors (Lipinski definition) is 4. The van der Waals surface area contributed by atoms with Gasteiger partial charge in [0, 0.05) is 10.9 Å². The van der Waals surface area contributed by atoms with E-state index in [2.05, 4.69) is 41.3 Å². The molecule has 4 heteroatoms. The van der Waals surface area contributed by atoms with Crippen LogP contribution in [-0.4, -0.2) is 4.98 Å². The van der Waals surface area contributed by atoms with E-state index in [1.54, 1.807) is 0 Å². The van der Waals surface area contributed by atoms with E-state index >= 15 is 0 Å². The third-order valence-electron chi connectivity index (χ3n) is 5.81. The highest BCUT2D eigenvalue weighted by molar-refractivity contribution is 5.95. The molecular weight excluding hydrogens is 384 g/mol. The molecule has 1 aromatic heterocycles. The first-order valence-corrected chi connectivity index (χ1v) is 10.2. The molecule has 0 bridgehead atoms. The second-order valence-corrected chi connectivity index (χ2v) is 7.69. The van der Waals surface area contributed by atoms with Crippen LogP contribution in [0.4, 0.5) is 17.1 Å². The number of pyridine rings is 1. The Labute approximate surface area is 178 Å². The quantitative estimate of drug-likeness (QED) is 0.284. The molecule has 2 aliphatic heterocycles. The van der Waals surface area contributed by atoms with Gasteiger partial charge < -0.3 is 9.47 Å². The van der Waals surface area contributed by atoms with E-state index in [-0.39, 0.29) is 0 Å². The van der Waals surface area contributed by atoms with Crippen LogP contribution < -0.4 is 14.4 Å². The maximum atomic E-state index is 6.34. The van der Waals surface area contributed by atoms with Crippen LogP contribution in [0.1, 0.15) is 0 Å². The number of aromatic nitrogens is 1. The number of anilines is 3. The molecule has 0 atom stereocenters. The zero-order chi connectivity index (χ0) is 20.4. The molecule has 5 aromatic rings. The smallest absolute Gasteiger partial charge is 0.156 e. The second-order valence-electron chi connectivity index (χ2n) is 7.69. The summed E-state index contributed by atoms with van der Waals surface area (Å²) in [7, 11) is 0. The molecular formula is C27H16N2O2. The Balaban J connectivity index is 1.47. The van der Waals surface area contributed by atoms with Crippen molar-refractivity contribution in [1.29, 1.82) is 0 Å². The van der Waals surface area contributed by atoms with Crippen molar-refractivity contribution in [2.45, 2.75) is 0 Å². The van der Waals surface area contributed by atoms with E-state index in [0.717, 1.165) is 62.2 Å². The Hall–Kier alpha value is -4.31. The van der Waals surface area contributed by atoms with Gasteiger partial charge in [0.15, 0.2) is 23.0 Å². The fourth-order valence-electron chi connectivity index (χ4n) is 4.40. The maximum Gasteiger partial charge on any atom is 0.156 e. The molecule has 0 saturated heterocycles. The van der Waals surface area contributed by atoms with Crippen molar-refractivity contribution in [2.24, 2.45) is 0 Å². The Bertz CT molecular complexity index is 1440. The average molecular weight is 400 g/mol. The summed E-state index contributed by atoms with van der Waals surface area (Å²) in [6, 6.07) is 32.6. The van der Waals surface area contributed by atoms with E-state index in [1.807, 2.05) is 60.7 Å². The summed E-state index contributed by atoms with van der Waals surface area (Å²) in [6.07, 6.45) is 0. The Morgan fingerprint density at radius 3 is 1.90 bits per heavy atom. The molecule has 0 fully saturated rings. The Morgan fingerprint density at radius 1 is 0.581 bits per heavy atom. The fourth-order valence-corrected chi connectivity index (χ4v) is 4.40. The van der Waals surface area contributed by atoms with E-state index in [9.17, 15) is 0 Å². The normalized spacial score (nSPS) is 13.0. The van der Waals surface area contributed by atoms with E-state index in [1.165, 1.54) is 0 Å². The minimum atomic E-state index is 0.760. The highest BCUT2D eigenvalue weighted by Crippen LogP contribution is 2.60. The topological polar surface area (TPSA) is 34.6 Å². The standard InChI is InChI=1S/C27H16N2O2/c1-2-8-19-17(7-1)13-14-20(28-19)18-15-25-27-26(16-18)31-24-12-6-4-10-22(24)29(27)21-9-3-5-11-23(21)30-25/h1-16H. The highest BCUT2D eigenvalue weighted by Gasteiger charge is 2.34. The van der Waals surface area contributed by atoms with Crippen LogP contribution in [0.3, 0.4) is 0 Å². The van der Waals surface area contributed by atoms with Crippen molar-refractivity contribution >= 4 is 28.0 Å². The van der Waals surface area contributed by atoms with Crippen molar-refractivity contribution in [3.8, 4) is 34.3 Å². The molecule has 0 spiro atoms. The molecule has 31 heavy (non-hydrogen) atoms. The fraction of sp³-hybridized carbons (Fsp3) is 0. The Morgan fingerprint density at radius 2 is 1.19 bits per heavy atom. The Kier molecular flexibility index (Phi) is 3.24. The molecule has 7 rings (SSSR count). The van der Waals surface area contributed by atoms with E-state index < -0.39 is 0 Å². The molecule has 0 saturated carbocycles. The molecule has 0 radical (unpaired) electrons. The number of ether oxygens (including phenoxy) is 2. The monoisotopic (exact) mass is 400 g/mol. The lowest BCUT2D eigenvalue weighted by Gasteiger charge is -2.38. The molecule has 2 aliphatic rings. The van der Waals surface area contributed by atoms with E-state index in [4.69, 9.17) is 14.5 Å². The summed E-state index contributed by atoms with van der Waals surface area (Å²) in [5.41, 5.74) is 5.73. The van der Waals surface area contributed by atoms with Crippen LogP contribution in [0, 0.1) is 0 Å². The lowest BCUT2D eigenvalue weighted by molar-refractivity contribution is 0.446. The van der Waals surface area contributed by atoms with Gasteiger partial charge in [0.1, 0.15) is 5.69 Å². The van der Waals surface area contributed by atoms with Crippen molar-refractivity contribution < 1.29 is 9.47 Å². The van der Waals surface area contributed by atoms with Crippen LogP contribution in [-0.2, 0) is 0 Å². The minimum Gasteiger partial charge on any atom is -0.453 e. The number of fused-ring (bicyclic) bond motifs is 5. The molecule has 0 amide bonds. The first kappa shape index (κ1) is 16.5.